The molecule has 2 unspecified atom stereocenters. The minimum Gasteiger partial charge on any atom is -0.378 e. The summed E-state index contributed by atoms with van der Waals surface area (Å²) in [6.45, 7) is 1.50. The van der Waals surface area contributed by atoms with Gasteiger partial charge in [0.15, 0.2) is 0 Å². The third-order valence-corrected chi connectivity index (χ3v) is 4.13. The predicted molar refractivity (Wildman–Crippen MR) is 79.4 cm³/mol. The molecule has 2 fully saturated rings. The molecule has 2 atom stereocenters. The number of piperidine rings is 1. The van der Waals surface area contributed by atoms with Crippen LogP contribution in [0, 0.1) is 5.92 Å². The molecule has 2 aliphatic rings. The van der Waals surface area contributed by atoms with Crippen LogP contribution in [0.3, 0.4) is 0 Å². The molecule has 0 amide bonds. The summed E-state index contributed by atoms with van der Waals surface area (Å²) in [6, 6.07) is 10.9. The number of hydrogen-bond donors (Lipinski definition) is 1. The number of hydrogen-bond acceptors (Lipinski definition) is 3. The Morgan fingerprint density at radius 3 is 2.60 bits per heavy atom. The molecule has 1 aromatic rings. The molecule has 0 aliphatic carbocycles. The van der Waals surface area contributed by atoms with Crippen molar-refractivity contribution >= 4 is 11.9 Å². The van der Waals surface area contributed by atoms with E-state index in [1.807, 2.05) is 42.5 Å². The maximum atomic E-state index is 12.3. The molecule has 3 heteroatoms. The van der Waals surface area contributed by atoms with Crippen molar-refractivity contribution < 1.29 is 9.53 Å². The van der Waals surface area contributed by atoms with E-state index in [1.165, 1.54) is 0 Å². The van der Waals surface area contributed by atoms with Gasteiger partial charge >= 0.3 is 0 Å². The van der Waals surface area contributed by atoms with Gasteiger partial charge in [-0.3, -0.25) is 4.79 Å². The van der Waals surface area contributed by atoms with Crippen LogP contribution in [-0.4, -0.2) is 31.1 Å². The average molecular weight is 271 g/mol. The van der Waals surface area contributed by atoms with E-state index >= 15 is 0 Å². The van der Waals surface area contributed by atoms with Crippen molar-refractivity contribution in [2.45, 2.75) is 31.3 Å². The zero-order valence-electron chi connectivity index (χ0n) is 11.6. The first kappa shape index (κ1) is 13.5. The Morgan fingerprint density at radius 2 is 1.90 bits per heavy atom. The van der Waals surface area contributed by atoms with Crippen LogP contribution in [0.5, 0.6) is 0 Å². The number of ketones is 1. The number of fused-ring (bicyclic) bond motifs is 2. The highest BCUT2D eigenvalue weighted by molar-refractivity contribution is 5.83. The highest BCUT2D eigenvalue weighted by Gasteiger charge is 2.34. The Morgan fingerprint density at radius 1 is 1.20 bits per heavy atom. The van der Waals surface area contributed by atoms with Gasteiger partial charge in [-0.05, 0) is 18.4 Å². The number of morpholine rings is 1. The third kappa shape index (κ3) is 3.35. The summed E-state index contributed by atoms with van der Waals surface area (Å²) in [7, 11) is 0. The second-order valence-corrected chi connectivity index (χ2v) is 5.75. The molecule has 0 spiro atoms. The first-order chi connectivity index (χ1) is 9.81. The van der Waals surface area contributed by atoms with E-state index in [2.05, 4.69) is 5.32 Å². The summed E-state index contributed by atoms with van der Waals surface area (Å²) in [5.41, 5.74) is 1.15. The van der Waals surface area contributed by atoms with Gasteiger partial charge in [-0.15, -0.1) is 0 Å². The number of Topliss-reactive ketones (excluding diaryl/α,β-unsaturated/α-hetero) is 1. The van der Waals surface area contributed by atoms with Gasteiger partial charge < -0.3 is 10.1 Å². The van der Waals surface area contributed by atoms with Crippen molar-refractivity contribution in [3.05, 3.63) is 42.0 Å². The Balaban J connectivity index is 1.53. The molecular formula is C17H21NO2. The lowest BCUT2D eigenvalue weighted by Crippen LogP contribution is -2.55. The van der Waals surface area contributed by atoms with Crippen LogP contribution < -0.4 is 5.32 Å². The lowest BCUT2D eigenvalue weighted by atomic mass is 9.83. The molecule has 0 saturated carbocycles. The summed E-state index contributed by atoms with van der Waals surface area (Å²) in [5, 5.41) is 3.52. The zero-order chi connectivity index (χ0) is 13.8. The van der Waals surface area contributed by atoms with E-state index in [9.17, 15) is 4.79 Å². The van der Waals surface area contributed by atoms with Gasteiger partial charge in [0.25, 0.3) is 0 Å². The Labute approximate surface area is 120 Å². The Bertz CT molecular complexity index is 471. The number of carbonyl (C=O) groups is 1. The highest BCUT2D eigenvalue weighted by atomic mass is 16.5. The molecule has 2 bridgehead atoms. The van der Waals surface area contributed by atoms with E-state index in [4.69, 9.17) is 4.74 Å². The van der Waals surface area contributed by atoms with Crippen molar-refractivity contribution in [2.75, 3.05) is 13.2 Å². The quantitative estimate of drug-likeness (QED) is 0.914. The smallest absolute Gasteiger partial charge is 0.139 e. The lowest BCUT2D eigenvalue weighted by molar-refractivity contribution is -0.125. The number of carbonyl (C=O) groups excluding carboxylic acids is 1. The standard InChI is InChI=1S/C17H21NO2/c19-17(8-4-7-13-5-2-1-3-6-13)14-9-15-11-20-12-16(10-14)18-15/h1-7,14-16,18H,8-12H2/b7-4+. The van der Waals surface area contributed by atoms with Crippen LogP contribution in [0.1, 0.15) is 24.8 Å². The minimum absolute atomic E-state index is 0.204. The van der Waals surface area contributed by atoms with Crippen LogP contribution in [-0.2, 0) is 9.53 Å². The zero-order valence-corrected chi connectivity index (χ0v) is 11.6. The molecule has 1 aromatic carbocycles. The molecule has 0 aromatic heterocycles. The van der Waals surface area contributed by atoms with Crippen LogP contribution in [0.15, 0.2) is 36.4 Å². The molecule has 3 rings (SSSR count). The summed E-state index contributed by atoms with van der Waals surface area (Å²) < 4.78 is 5.52. The first-order valence-corrected chi connectivity index (χ1v) is 7.39. The molecule has 2 saturated heterocycles. The Hall–Kier alpha value is -1.45. The van der Waals surface area contributed by atoms with Crippen molar-refractivity contribution in [1.82, 2.24) is 5.32 Å². The van der Waals surface area contributed by atoms with E-state index in [0.29, 0.717) is 24.3 Å². The van der Waals surface area contributed by atoms with E-state index < -0.39 is 0 Å². The van der Waals surface area contributed by atoms with E-state index in [-0.39, 0.29) is 5.92 Å². The summed E-state index contributed by atoms with van der Waals surface area (Å²) >= 11 is 0. The lowest BCUT2D eigenvalue weighted by Gasteiger charge is -2.39. The molecule has 2 aliphatic heterocycles. The van der Waals surface area contributed by atoms with Crippen LogP contribution in [0.25, 0.3) is 6.08 Å². The molecular weight excluding hydrogens is 250 g/mol. The number of benzene rings is 1. The van der Waals surface area contributed by atoms with Crippen molar-refractivity contribution in [3.63, 3.8) is 0 Å². The monoisotopic (exact) mass is 271 g/mol. The molecule has 20 heavy (non-hydrogen) atoms. The second kappa shape index (κ2) is 6.33. The van der Waals surface area contributed by atoms with E-state index in [1.54, 1.807) is 0 Å². The number of nitrogens with one attached hydrogen (secondary N) is 1. The minimum atomic E-state index is 0.204. The van der Waals surface area contributed by atoms with Crippen LogP contribution >= 0.6 is 0 Å². The SMILES string of the molecule is O=C(C/C=C/c1ccccc1)C1CC2COCC(C1)N2. The van der Waals surface area contributed by atoms with Gasteiger partial charge in [0.1, 0.15) is 5.78 Å². The molecule has 3 nitrogen and oxygen atoms in total. The first-order valence-electron chi connectivity index (χ1n) is 7.39. The predicted octanol–water partition coefficient (Wildman–Crippen LogP) is 2.43. The molecule has 0 radical (unpaired) electrons. The third-order valence-electron chi connectivity index (χ3n) is 4.13. The second-order valence-electron chi connectivity index (χ2n) is 5.75. The van der Waals surface area contributed by atoms with Gasteiger partial charge in [0.05, 0.1) is 13.2 Å². The number of rotatable bonds is 4. The molecule has 1 N–H and O–H groups in total. The fraction of sp³-hybridized carbons (Fsp3) is 0.471. The van der Waals surface area contributed by atoms with Gasteiger partial charge in [-0.25, -0.2) is 0 Å². The van der Waals surface area contributed by atoms with E-state index in [0.717, 1.165) is 31.6 Å². The van der Waals surface area contributed by atoms with Crippen molar-refractivity contribution in [3.8, 4) is 0 Å². The fourth-order valence-corrected chi connectivity index (χ4v) is 3.14. The summed E-state index contributed by atoms with van der Waals surface area (Å²) in [6.07, 6.45) is 6.41. The fourth-order valence-electron chi connectivity index (χ4n) is 3.14. The normalized spacial score (nSPS) is 29.5. The number of allylic oxidation sites excluding steroid dienone is 1. The number of ether oxygens (including phenoxy) is 1. The van der Waals surface area contributed by atoms with Crippen molar-refractivity contribution in [2.24, 2.45) is 5.92 Å². The van der Waals surface area contributed by atoms with Gasteiger partial charge in [-0.2, -0.15) is 0 Å². The summed E-state index contributed by atoms with van der Waals surface area (Å²) in [5.74, 6) is 0.575. The summed E-state index contributed by atoms with van der Waals surface area (Å²) in [4.78, 5) is 12.3. The Kier molecular flexibility index (Phi) is 4.28. The molecule has 2 heterocycles. The van der Waals surface area contributed by atoms with Gasteiger partial charge in [-0.1, -0.05) is 42.5 Å². The van der Waals surface area contributed by atoms with Crippen LogP contribution in [0.4, 0.5) is 0 Å². The maximum absolute atomic E-state index is 12.3. The topological polar surface area (TPSA) is 38.3 Å². The largest absolute Gasteiger partial charge is 0.378 e. The van der Waals surface area contributed by atoms with Gasteiger partial charge in [0, 0.05) is 24.4 Å². The maximum Gasteiger partial charge on any atom is 0.139 e. The molecule has 106 valence electrons. The van der Waals surface area contributed by atoms with Crippen molar-refractivity contribution in [1.29, 1.82) is 0 Å². The van der Waals surface area contributed by atoms with Crippen LogP contribution in [0.2, 0.25) is 0 Å². The average Bonchev–Trinajstić information content (AvgIpc) is 2.48. The highest BCUT2D eigenvalue weighted by Crippen LogP contribution is 2.25. The van der Waals surface area contributed by atoms with Gasteiger partial charge in [0.2, 0.25) is 0 Å².